The molecule has 1 aromatic heterocycles. The molecule has 0 aliphatic carbocycles. The fraction of sp³-hybridized carbons (Fsp3) is 0.429. The quantitative estimate of drug-likeness (QED) is 0.397. The molecule has 2 fully saturated rings. The molecule has 14 heteroatoms. The molecule has 0 bridgehead atoms. The molecule has 0 saturated carbocycles. The molecule has 0 radical (unpaired) electrons. The number of alkyl halides is 3. The molecule has 42 heavy (non-hydrogen) atoms. The number of halogens is 4. The number of piperidine rings is 1. The lowest BCUT2D eigenvalue weighted by atomic mass is 9.76. The fourth-order valence-electron chi connectivity index (χ4n) is 6.12. The molecule has 222 valence electrons. The van der Waals surface area contributed by atoms with Gasteiger partial charge < -0.3 is 25.8 Å². The van der Waals surface area contributed by atoms with Gasteiger partial charge in [-0.2, -0.15) is 18.3 Å². The van der Waals surface area contributed by atoms with Gasteiger partial charge in [0.05, 0.1) is 23.8 Å². The minimum absolute atomic E-state index is 0.00387. The Labute approximate surface area is 244 Å². The van der Waals surface area contributed by atoms with Crippen LogP contribution in [-0.4, -0.2) is 75.6 Å². The normalized spacial score (nSPS) is 23.2. The number of ether oxygens (including phenoxy) is 1. The maximum atomic E-state index is 14.6. The summed E-state index contributed by atoms with van der Waals surface area (Å²) in [7, 11) is 0. The molecule has 2 saturated heterocycles. The fourth-order valence-corrected chi connectivity index (χ4v) is 6.28. The van der Waals surface area contributed by atoms with Crippen molar-refractivity contribution in [3.63, 3.8) is 0 Å². The maximum absolute atomic E-state index is 14.6. The number of nitrogens with zero attached hydrogens (tertiary/aromatic N) is 5. The Bertz CT molecular complexity index is 1570. The number of benzene rings is 2. The van der Waals surface area contributed by atoms with Gasteiger partial charge in [0.15, 0.2) is 12.3 Å². The molecule has 4 N–H and O–H groups in total. The van der Waals surface area contributed by atoms with Crippen LogP contribution in [0.25, 0.3) is 16.6 Å². The van der Waals surface area contributed by atoms with Crippen molar-refractivity contribution >= 4 is 40.3 Å². The van der Waals surface area contributed by atoms with E-state index in [1.54, 1.807) is 18.3 Å². The minimum Gasteiger partial charge on any atom is -0.480 e. The molecule has 3 aliphatic heterocycles. The third-order valence-corrected chi connectivity index (χ3v) is 8.53. The smallest absolute Gasteiger partial charge is 0.419 e. The second-order valence-electron chi connectivity index (χ2n) is 11.0. The van der Waals surface area contributed by atoms with Crippen molar-refractivity contribution in [2.75, 3.05) is 19.6 Å². The molecule has 3 aromatic rings. The lowest BCUT2D eigenvalue weighted by molar-refractivity contribution is -0.235. The lowest BCUT2D eigenvalue weighted by Gasteiger charge is -2.41. The molecule has 3 atom stereocenters. The van der Waals surface area contributed by atoms with Gasteiger partial charge in [0.2, 0.25) is 5.96 Å². The van der Waals surface area contributed by atoms with E-state index in [-0.39, 0.29) is 34.1 Å². The summed E-state index contributed by atoms with van der Waals surface area (Å²) in [5.74, 6) is -0.525. The third kappa shape index (κ3) is 5.55. The molecular weight excluding hydrogens is 575 g/mol. The Hall–Kier alpha value is -3.68. The Morgan fingerprint density at radius 2 is 1.98 bits per heavy atom. The van der Waals surface area contributed by atoms with Gasteiger partial charge in [-0.15, -0.1) is 0 Å². The monoisotopic (exact) mass is 603 g/mol. The predicted octanol–water partition coefficient (Wildman–Crippen LogP) is 4.27. The first-order valence-corrected chi connectivity index (χ1v) is 14.0. The number of aromatic nitrogens is 2. The van der Waals surface area contributed by atoms with Crippen molar-refractivity contribution in [1.29, 1.82) is 0 Å². The Morgan fingerprint density at radius 1 is 1.21 bits per heavy atom. The van der Waals surface area contributed by atoms with Crippen LogP contribution in [0.1, 0.15) is 37.4 Å². The lowest BCUT2D eigenvalue weighted by Crippen LogP contribution is -2.46. The van der Waals surface area contributed by atoms with Gasteiger partial charge in [-0.05, 0) is 42.9 Å². The molecule has 4 heterocycles. The number of aliphatic imine (C=N–C) groups is 2. The summed E-state index contributed by atoms with van der Waals surface area (Å²) in [4.78, 5) is 21.8. The van der Waals surface area contributed by atoms with Crippen LogP contribution in [0.2, 0.25) is 5.02 Å². The van der Waals surface area contributed by atoms with Crippen LogP contribution >= 0.6 is 11.6 Å². The number of para-hydroxylation sites is 1. The van der Waals surface area contributed by atoms with E-state index in [0.717, 1.165) is 18.2 Å². The number of amidine groups is 1. The largest absolute Gasteiger partial charge is 0.480 e. The standard InChI is InChI=1S/C28H29ClF3N7O3/c29-17-5-6-18(21(11-17)39-20-4-2-1-3-16(20)14-35-39)24(28(30,31)32)42-23-12-22(36-26(33)37-23)38-9-7-27(8-10-38)13-19(25(40)41)34-15-27/h1-6,11,14,19,23-24,34H,7-10,12-13,15H2,(H2,33,37)(H,40,41). The molecule has 0 amide bonds. The van der Waals surface area contributed by atoms with Crippen molar-refractivity contribution in [3.8, 4) is 5.69 Å². The van der Waals surface area contributed by atoms with E-state index in [1.807, 2.05) is 17.0 Å². The highest BCUT2D eigenvalue weighted by molar-refractivity contribution is 6.30. The van der Waals surface area contributed by atoms with Gasteiger partial charge in [-0.1, -0.05) is 35.9 Å². The van der Waals surface area contributed by atoms with Crippen LogP contribution in [0.3, 0.4) is 0 Å². The van der Waals surface area contributed by atoms with Crippen LogP contribution in [0.5, 0.6) is 0 Å². The van der Waals surface area contributed by atoms with Crippen LogP contribution < -0.4 is 11.1 Å². The summed E-state index contributed by atoms with van der Waals surface area (Å²) >= 11 is 6.23. The van der Waals surface area contributed by atoms with E-state index in [4.69, 9.17) is 22.1 Å². The highest BCUT2D eigenvalue weighted by atomic mass is 35.5. The zero-order valence-corrected chi connectivity index (χ0v) is 23.1. The zero-order chi connectivity index (χ0) is 29.6. The Balaban J connectivity index is 1.23. The number of fused-ring (bicyclic) bond motifs is 1. The van der Waals surface area contributed by atoms with E-state index in [9.17, 15) is 23.1 Å². The number of carboxylic acid groups (broad SMARTS) is 1. The maximum Gasteiger partial charge on any atom is 0.419 e. The molecule has 10 nitrogen and oxygen atoms in total. The number of rotatable bonds is 5. The number of carboxylic acids is 1. The molecule has 3 unspecified atom stereocenters. The SMILES string of the molecule is NC1=NC(OC(c2ccc(Cl)cc2-n2ncc3ccccc32)C(F)(F)F)CC(N2CCC3(CC2)CNC(C(=O)O)C3)=N1. The molecule has 3 aliphatic rings. The average Bonchev–Trinajstić information content (AvgIpc) is 3.56. The number of carbonyl (C=O) groups is 1. The summed E-state index contributed by atoms with van der Waals surface area (Å²) in [6, 6.07) is 10.7. The Morgan fingerprint density at radius 3 is 2.69 bits per heavy atom. The highest BCUT2D eigenvalue weighted by Crippen LogP contribution is 2.42. The predicted molar refractivity (Wildman–Crippen MR) is 151 cm³/mol. The number of guanidine groups is 1. The number of aliphatic carboxylic acids is 1. The van der Waals surface area contributed by atoms with Crippen molar-refractivity contribution in [2.45, 2.75) is 50.2 Å². The average molecular weight is 604 g/mol. The van der Waals surface area contributed by atoms with Crippen LogP contribution in [0.15, 0.2) is 58.6 Å². The highest BCUT2D eigenvalue weighted by Gasteiger charge is 2.47. The van der Waals surface area contributed by atoms with Crippen LogP contribution in [0.4, 0.5) is 13.2 Å². The Kier molecular flexibility index (Phi) is 7.36. The first-order chi connectivity index (χ1) is 20.0. The van der Waals surface area contributed by atoms with Crippen molar-refractivity contribution in [2.24, 2.45) is 21.1 Å². The summed E-state index contributed by atoms with van der Waals surface area (Å²) < 4.78 is 51.1. The zero-order valence-electron chi connectivity index (χ0n) is 22.4. The van der Waals surface area contributed by atoms with E-state index in [2.05, 4.69) is 20.4 Å². The summed E-state index contributed by atoms with van der Waals surface area (Å²) in [6.45, 7) is 1.76. The van der Waals surface area contributed by atoms with Gasteiger partial charge in [0.25, 0.3) is 0 Å². The number of nitrogens with two attached hydrogens (primary N) is 1. The molecule has 6 rings (SSSR count). The van der Waals surface area contributed by atoms with Crippen molar-refractivity contribution < 1.29 is 27.8 Å². The van der Waals surface area contributed by atoms with E-state index in [1.165, 1.54) is 22.9 Å². The molecular formula is C28H29ClF3N7O3. The van der Waals surface area contributed by atoms with Crippen LogP contribution in [0, 0.1) is 5.41 Å². The van der Waals surface area contributed by atoms with Crippen molar-refractivity contribution in [1.82, 2.24) is 20.0 Å². The van der Waals surface area contributed by atoms with Crippen molar-refractivity contribution in [3.05, 3.63) is 59.2 Å². The third-order valence-electron chi connectivity index (χ3n) is 8.30. The van der Waals surface area contributed by atoms with E-state index < -0.39 is 30.5 Å². The second-order valence-corrected chi connectivity index (χ2v) is 11.4. The summed E-state index contributed by atoms with van der Waals surface area (Å²) in [5, 5.41) is 17.8. The topological polar surface area (TPSA) is 130 Å². The molecule has 2 aromatic carbocycles. The number of hydrogen-bond acceptors (Lipinski definition) is 8. The first-order valence-electron chi connectivity index (χ1n) is 13.6. The molecule has 1 spiro atoms. The van der Waals surface area contributed by atoms with E-state index >= 15 is 0 Å². The van der Waals surface area contributed by atoms with Gasteiger partial charge in [-0.25, -0.2) is 14.7 Å². The second kappa shape index (κ2) is 10.9. The number of likely N-dealkylation sites (tertiary alicyclic amines) is 1. The number of hydrogen-bond donors (Lipinski definition) is 3. The minimum atomic E-state index is -4.79. The van der Waals surface area contributed by atoms with Gasteiger partial charge in [0.1, 0.15) is 11.9 Å². The summed E-state index contributed by atoms with van der Waals surface area (Å²) in [5.41, 5.74) is 6.43. The van der Waals surface area contributed by atoms with Gasteiger partial charge in [0, 0.05) is 35.6 Å². The number of nitrogens with one attached hydrogen (secondary N) is 1. The van der Waals surface area contributed by atoms with Crippen LogP contribution in [-0.2, 0) is 9.53 Å². The van der Waals surface area contributed by atoms with E-state index in [0.29, 0.717) is 37.4 Å². The summed E-state index contributed by atoms with van der Waals surface area (Å²) in [6.07, 6.45) is -4.81. The van der Waals surface area contributed by atoms with Gasteiger partial charge in [-0.3, -0.25) is 4.79 Å². The van der Waals surface area contributed by atoms with Gasteiger partial charge >= 0.3 is 12.1 Å². The first kappa shape index (κ1) is 28.4.